The van der Waals surface area contributed by atoms with Crippen LogP contribution in [0.15, 0.2) is 42.6 Å². The number of hydrogen-bond donors (Lipinski definition) is 0. The quantitative estimate of drug-likeness (QED) is 0.295. The summed E-state index contributed by atoms with van der Waals surface area (Å²) in [7, 11) is 0. The first kappa shape index (κ1) is 22.0. The first-order valence-corrected chi connectivity index (χ1v) is 11.0. The minimum Gasteiger partial charge on any atom is -0.494 e. The van der Waals surface area contributed by atoms with Gasteiger partial charge in [0.2, 0.25) is 0 Å². The number of aryl methyl sites for hydroxylation is 1. The molecule has 28 heavy (non-hydrogen) atoms. The molecule has 0 fully saturated rings. The Hall–Kier alpha value is -2.27. The Kier molecular flexibility index (Phi) is 10.9. The Morgan fingerprint density at radius 1 is 0.750 bits per heavy atom. The number of hydrogen-bond acceptors (Lipinski definition) is 2. The molecular weight excluding hydrogens is 342 g/mol. The van der Waals surface area contributed by atoms with Crippen molar-refractivity contribution in [2.45, 2.75) is 78.1 Å². The van der Waals surface area contributed by atoms with Crippen molar-refractivity contribution in [3.63, 3.8) is 0 Å². The van der Waals surface area contributed by atoms with Crippen LogP contribution in [-0.4, -0.2) is 11.6 Å². The van der Waals surface area contributed by atoms with Crippen LogP contribution in [0.5, 0.6) is 5.75 Å². The first-order valence-electron chi connectivity index (χ1n) is 11.0. The predicted molar refractivity (Wildman–Crippen MR) is 119 cm³/mol. The molecule has 0 aliphatic rings. The van der Waals surface area contributed by atoms with Gasteiger partial charge < -0.3 is 4.74 Å². The summed E-state index contributed by atoms with van der Waals surface area (Å²) in [6.45, 7) is 5.27. The molecule has 2 heteroatoms. The summed E-state index contributed by atoms with van der Waals surface area (Å²) in [5, 5.41) is 0. The number of pyridine rings is 1. The third-order valence-electron chi connectivity index (χ3n) is 4.85. The number of nitrogens with zero attached hydrogens (tertiary/aromatic N) is 1. The second kappa shape index (κ2) is 13.8. The van der Waals surface area contributed by atoms with E-state index >= 15 is 0 Å². The van der Waals surface area contributed by atoms with Crippen molar-refractivity contribution >= 4 is 0 Å². The fourth-order valence-electron chi connectivity index (χ4n) is 3.07. The molecule has 1 aromatic carbocycles. The van der Waals surface area contributed by atoms with Crippen molar-refractivity contribution in [3.8, 4) is 17.6 Å². The third-order valence-corrected chi connectivity index (χ3v) is 4.85. The summed E-state index contributed by atoms with van der Waals surface area (Å²) in [5.74, 6) is 7.26. The molecule has 0 bridgehead atoms. The molecular formula is C26H35NO. The summed E-state index contributed by atoms with van der Waals surface area (Å²) in [6.07, 6.45) is 14.5. The lowest BCUT2D eigenvalue weighted by molar-refractivity contribution is 0.304. The van der Waals surface area contributed by atoms with E-state index in [-0.39, 0.29) is 0 Å². The zero-order chi connectivity index (χ0) is 19.9. The zero-order valence-corrected chi connectivity index (χ0v) is 17.7. The summed E-state index contributed by atoms with van der Waals surface area (Å²) in [4.78, 5) is 4.47. The Morgan fingerprint density at radius 3 is 2.18 bits per heavy atom. The van der Waals surface area contributed by atoms with Gasteiger partial charge in [0, 0.05) is 11.8 Å². The maximum absolute atomic E-state index is 5.82. The van der Waals surface area contributed by atoms with Crippen molar-refractivity contribution in [1.29, 1.82) is 0 Å². The van der Waals surface area contributed by atoms with Gasteiger partial charge in [-0.05, 0) is 61.1 Å². The molecule has 0 saturated carbocycles. The van der Waals surface area contributed by atoms with Crippen LogP contribution in [0.1, 0.15) is 88.5 Å². The molecule has 0 saturated heterocycles. The molecule has 2 aromatic rings. The van der Waals surface area contributed by atoms with Crippen LogP contribution in [0.25, 0.3) is 0 Å². The zero-order valence-electron chi connectivity index (χ0n) is 17.7. The predicted octanol–water partition coefficient (Wildman–Crippen LogP) is 6.95. The minimum atomic E-state index is 0.797. The highest BCUT2D eigenvalue weighted by Crippen LogP contribution is 2.13. The number of rotatable bonds is 12. The number of aromatic nitrogens is 1. The van der Waals surface area contributed by atoms with Gasteiger partial charge in [0.05, 0.1) is 6.61 Å². The van der Waals surface area contributed by atoms with E-state index in [0.29, 0.717) is 0 Å². The molecule has 0 radical (unpaired) electrons. The van der Waals surface area contributed by atoms with Gasteiger partial charge in [-0.3, -0.25) is 0 Å². The number of ether oxygens (including phenoxy) is 1. The van der Waals surface area contributed by atoms with Crippen LogP contribution in [0.2, 0.25) is 0 Å². The van der Waals surface area contributed by atoms with Crippen molar-refractivity contribution < 1.29 is 4.74 Å². The topological polar surface area (TPSA) is 22.1 Å². The lowest BCUT2D eigenvalue weighted by atomic mass is 10.1. The second-order valence-electron chi connectivity index (χ2n) is 7.40. The van der Waals surface area contributed by atoms with E-state index in [9.17, 15) is 0 Å². The largest absolute Gasteiger partial charge is 0.494 e. The smallest absolute Gasteiger partial charge is 0.119 e. The van der Waals surface area contributed by atoms with E-state index < -0.39 is 0 Å². The average molecular weight is 378 g/mol. The van der Waals surface area contributed by atoms with E-state index in [4.69, 9.17) is 4.74 Å². The van der Waals surface area contributed by atoms with E-state index in [1.165, 1.54) is 56.9 Å². The molecule has 0 aliphatic heterocycles. The van der Waals surface area contributed by atoms with Gasteiger partial charge in [0.15, 0.2) is 0 Å². The first-order chi connectivity index (χ1) is 13.8. The van der Waals surface area contributed by atoms with E-state index in [0.717, 1.165) is 36.5 Å². The molecule has 0 atom stereocenters. The standard InChI is InChI=1S/C26H35NO/c1-3-5-7-8-9-11-21-28-26-19-15-23(16-20-26)13-17-25-18-14-24(22-27-25)12-10-6-4-2/h14-16,18-20,22H,3-12,21H2,1-2H3. The van der Waals surface area contributed by atoms with Crippen LogP contribution < -0.4 is 4.74 Å². The molecule has 0 unspecified atom stereocenters. The highest BCUT2D eigenvalue weighted by atomic mass is 16.5. The van der Waals surface area contributed by atoms with Crippen LogP contribution in [0.3, 0.4) is 0 Å². The Morgan fingerprint density at radius 2 is 1.46 bits per heavy atom. The van der Waals surface area contributed by atoms with E-state index in [1.807, 2.05) is 36.5 Å². The van der Waals surface area contributed by atoms with Crippen LogP contribution >= 0.6 is 0 Å². The lowest BCUT2D eigenvalue weighted by Gasteiger charge is -2.06. The van der Waals surface area contributed by atoms with Gasteiger partial charge >= 0.3 is 0 Å². The molecule has 1 aromatic heterocycles. The van der Waals surface area contributed by atoms with Gasteiger partial charge in [-0.2, -0.15) is 0 Å². The van der Waals surface area contributed by atoms with E-state index in [2.05, 4.69) is 36.7 Å². The molecule has 0 N–H and O–H groups in total. The van der Waals surface area contributed by atoms with Crippen molar-refractivity contribution in [3.05, 3.63) is 59.4 Å². The van der Waals surface area contributed by atoms with Gasteiger partial charge in [-0.25, -0.2) is 4.98 Å². The van der Waals surface area contributed by atoms with Gasteiger partial charge in [-0.15, -0.1) is 0 Å². The highest BCUT2D eigenvalue weighted by molar-refractivity contribution is 5.42. The summed E-state index contributed by atoms with van der Waals surface area (Å²) in [5.41, 5.74) is 3.11. The molecule has 1 heterocycles. The lowest BCUT2D eigenvalue weighted by Crippen LogP contribution is -1.97. The van der Waals surface area contributed by atoms with E-state index in [1.54, 1.807) is 0 Å². The fourth-order valence-corrected chi connectivity index (χ4v) is 3.07. The normalized spacial score (nSPS) is 10.4. The average Bonchev–Trinajstić information content (AvgIpc) is 2.73. The minimum absolute atomic E-state index is 0.797. The Labute approximate surface area is 171 Å². The summed E-state index contributed by atoms with van der Waals surface area (Å²) >= 11 is 0. The molecule has 0 aliphatic carbocycles. The summed E-state index contributed by atoms with van der Waals surface area (Å²) in [6, 6.07) is 12.2. The van der Waals surface area contributed by atoms with Crippen LogP contribution in [-0.2, 0) is 6.42 Å². The third kappa shape index (κ3) is 9.09. The van der Waals surface area contributed by atoms with Crippen molar-refractivity contribution in [2.24, 2.45) is 0 Å². The van der Waals surface area contributed by atoms with Crippen molar-refractivity contribution in [2.75, 3.05) is 6.61 Å². The number of unbranched alkanes of at least 4 members (excludes halogenated alkanes) is 7. The summed E-state index contributed by atoms with van der Waals surface area (Å²) < 4.78 is 5.82. The SMILES string of the molecule is CCCCCCCCOc1ccc(C#Cc2ccc(CCCCC)cn2)cc1. The van der Waals surface area contributed by atoms with Gasteiger partial charge in [0.25, 0.3) is 0 Å². The molecule has 150 valence electrons. The highest BCUT2D eigenvalue weighted by Gasteiger charge is 1.96. The second-order valence-corrected chi connectivity index (χ2v) is 7.40. The van der Waals surface area contributed by atoms with Gasteiger partial charge in [-0.1, -0.05) is 70.8 Å². The molecule has 0 spiro atoms. The van der Waals surface area contributed by atoms with Crippen LogP contribution in [0.4, 0.5) is 0 Å². The Balaban J connectivity index is 1.73. The molecule has 2 rings (SSSR count). The Bertz CT molecular complexity index is 707. The maximum Gasteiger partial charge on any atom is 0.119 e. The number of benzene rings is 1. The van der Waals surface area contributed by atoms with Crippen LogP contribution in [0, 0.1) is 11.8 Å². The van der Waals surface area contributed by atoms with Gasteiger partial charge in [0.1, 0.15) is 11.4 Å². The maximum atomic E-state index is 5.82. The van der Waals surface area contributed by atoms with Crippen molar-refractivity contribution in [1.82, 2.24) is 4.98 Å². The monoisotopic (exact) mass is 377 g/mol. The molecule has 0 amide bonds. The fraction of sp³-hybridized carbons (Fsp3) is 0.500. The molecule has 2 nitrogen and oxygen atoms in total.